The van der Waals surface area contributed by atoms with E-state index in [4.69, 9.17) is 15.0 Å². The van der Waals surface area contributed by atoms with Gasteiger partial charge in [-0.3, -0.25) is 0 Å². The molecule has 0 aliphatic rings. The molecule has 0 fully saturated rings. The summed E-state index contributed by atoms with van der Waals surface area (Å²) >= 11 is 0. The molecule has 0 saturated carbocycles. The molecule has 48 valence electrons. The van der Waals surface area contributed by atoms with Crippen LogP contribution in [0.4, 0.5) is 4.79 Å². The molecule has 0 aromatic carbocycles. The van der Waals surface area contributed by atoms with Crippen molar-refractivity contribution in [2.75, 3.05) is 0 Å². The van der Waals surface area contributed by atoms with Crippen molar-refractivity contribution in [3.05, 3.63) is 0 Å². The van der Waals surface area contributed by atoms with Crippen molar-refractivity contribution in [2.45, 2.75) is 0 Å². The van der Waals surface area contributed by atoms with E-state index in [1.165, 1.54) is 0 Å². The second-order valence-corrected chi connectivity index (χ2v) is 0.283. The number of hydrogen-bond acceptors (Lipinski definition) is 1. The third-order valence-corrected chi connectivity index (χ3v) is 0. The fraction of sp³-hybridized carbons (Fsp3) is 0. The van der Waals surface area contributed by atoms with E-state index in [2.05, 4.69) is 0 Å². The zero-order valence-corrected chi connectivity index (χ0v) is 7.05. The molecular weight excluding hydrogens is 141 g/mol. The Balaban J connectivity index is -0.00000000161. The van der Waals surface area contributed by atoms with Gasteiger partial charge in [0.1, 0.15) is 0 Å². The van der Waals surface area contributed by atoms with Crippen molar-refractivity contribution >= 4 is 52.3 Å². The second kappa shape index (κ2) is 25.2. The minimum absolute atomic E-state index is 0. The van der Waals surface area contributed by atoms with Crippen LogP contribution in [0.5, 0.6) is 0 Å². The van der Waals surface area contributed by atoms with Gasteiger partial charge in [0, 0.05) is 0 Å². The first-order valence-electron chi connectivity index (χ1n) is 0.651. The van der Waals surface area contributed by atoms with Crippen molar-refractivity contribution in [1.29, 1.82) is 0 Å². The van der Waals surface area contributed by atoms with Crippen LogP contribution >= 0.6 is 0 Å². The summed E-state index contributed by atoms with van der Waals surface area (Å²) in [5, 5.41) is 13.9. The van der Waals surface area contributed by atoms with Crippen LogP contribution in [0.15, 0.2) is 0 Å². The molecule has 0 unspecified atom stereocenters. The van der Waals surface area contributed by atoms with Crippen molar-refractivity contribution in [1.82, 2.24) is 0 Å². The number of rotatable bonds is 0. The van der Waals surface area contributed by atoms with Crippen molar-refractivity contribution in [3.8, 4) is 0 Å². The van der Waals surface area contributed by atoms with E-state index in [9.17, 15) is 0 Å². The third kappa shape index (κ3) is 422. The Morgan fingerprint density at radius 2 is 1.12 bits per heavy atom. The van der Waals surface area contributed by atoms with Crippen LogP contribution in [0.3, 0.4) is 0 Å². The topological polar surface area (TPSA) is 121 Å². The fourth-order valence-electron chi connectivity index (χ4n) is 0. The van der Waals surface area contributed by atoms with Gasteiger partial charge in [0.2, 0.25) is 0 Å². The van der Waals surface area contributed by atoms with E-state index in [0.717, 1.165) is 0 Å². The van der Waals surface area contributed by atoms with Crippen LogP contribution in [0.2, 0.25) is 0 Å². The molecular formula is CH10Mg2O5. The summed E-state index contributed by atoms with van der Waals surface area (Å²) in [4.78, 5) is 8.56. The number of carboxylic acid groups (broad SMARTS) is 2. The largest absolute Gasteiger partial charge is 2.00 e. The zero-order chi connectivity index (χ0) is 3.58. The van der Waals surface area contributed by atoms with Gasteiger partial charge in [-0.25, -0.2) is 4.79 Å². The first kappa shape index (κ1) is 37.5. The normalized spacial score (nSPS) is 3.00. The van der Waals surface area contributed by atoms with Gasteiger partial charge in [0.05, 0.1) is 0 Å². The molecule has 5 nitrogen and oxygen atoms in total. The predicted octanol–water partition coefficient (Wildman–Crippen LogP) is -1.74. The average molecular weight is 151 g/mol. The quantitative estimate of drug-likeness (QED) is 0.399. The van der Waals surface area contributed by atoms with Crippen LogP contribution in [0, 0.1) is 0 Å². The van der Waals surface area contributed by atoms with E-state index in [0.29, 0.717) is 0 Å². The first-order chi connectivity index (χ1) is 1.73. The van der Waals surface area contributed by atoms with Gasteiger partial charge in [-0.05, 0) is 0 Å². The summed E-state index contributed by atoms with van der Waals surface area (Å²) in [6.07, 6.45) is -1.83. The molecule has 7 heteroatoms. The molecule has 0 aliphatic heterocycles. The predicted molar refractivity (Wildman–Crippen MR) is 33.8 cm³/mol. The molecule has 0 spiro atoms. The number of carbonyl (C=O) groups is 1. The second-order valence-electron chi connectivity index (χ2n) is 0.283. The molecule has 0 radical (unpaired) electrons. The van der Waals surface area contributed by atoms with Gasteiger partial charge in [-0.2, -0.15) is 0 Å². The van der Waals surface area contributed by atoms with Gasteiger partial charge in [0.25, 0.3) is 0 Å². The fourth-order valence-corrected chi connectivity index (χ4v) is 0. The van der Waals surface area contributed by atoms with E-state index < -0.39 is 6.16 Å². The average Bonchev–Trinajstić information content (AvgIpc) is 0.811. The Hall–Kier alpha value is 0.722. The monoisotopic (exact) mass is 150 g/mol. The van der Waals surface area contributed by atoms with Gasteiger partial charge >= 0.3 is 52.3 Å². The minimum atomic E-state index is -1.83. The standard InChI is InChI=1S/CH2O3.2Mg.2H2O.4H/c2-1(3)4;;;;;;;;/h(H2,2,3,4);;;2*1H2;;;;/q;2*+2;;;4*-1. The summed E-state index contributed by atoms with van der Waals surface area (Å²) in [6.45, 7) is 0. The van der Waals surface area contributed by atoms with Crippen LogP contribution in [-0.4, -0.2) is 73.4 Å². The van der Waals surface area contributed by atoms with Gasteiger partial charge < -0.3 is 26.9 Å². The summed E-state index contributed by atoms with van der Waals surface area (Å²) in [7, 11) is 0. The molecule has 0 aromatic rings. The molecule has 0 saturated heterocycles. The van der Waals surface area contributed by atoms with Crippen molar-refractivity contribution in [2.24, 2.45) is 0 Å². The van der Waals surface area contributed by atoms with E-state index >= 15 is 0 Å². The molecule has 6 N–H and O–H groups in total. The van der Waals surface area contributed by atoms with Gasteiger partial charge in [-0.15, -0.1) is 0 Å². The summed E-state index contributed by atoms with van der Waals surface area (Å²) in [6, 6.07) is 0. The van der Waals surface area contributed by atoms with Crippen molar-refractivity contribution < 1.29 is 31.7 Å². The molecule has 8 heavy (non-hydrogen) atoms. The first-order valence-corrected chi connectivity index (χ1v) is 0.651. The summed E-state index contributed by atoms with van der Waals surface area (Å²) in [5.41, 5.74) is 0. The van der Waals surface area contributed by atoms with E-state index in [1.54, 1.807) is 0 Å². The molecule has 0 aromatic heterocycles. The van der Waals surface area contributed by atoms with Crippen LogP contribution in [-0.2, 0) is 0 Å². The molecule has 0 bridgehead atoms. The van der Waals surface area contributed by atoms with Crippen LogP contribution < -0.4 is 0 Å². The van der Waals surface area contributed by atoms with Gasteiger partial charge in [-0.1, -0.05) is 0 Å². The van der Waals surface area contributed by atoms with Crippen LogP contribution in [0.1, 0.15) is 5.71 Å². The Labute approximate surface area is 83.9 Å². The maximum absolute atomic E-state index is 8.56. The SMILES string of the molecule is O.O.O=C(O)O.[H-].[H-].[H-].[H-].[Mg+2].[Mg+2]. The Morgan fingerprint density at radius 1 is 1.12 bits per heavy atom. The third-order valence-electron chi connectivity index (χ3n) is 0. The maximum Gasteiger partial charge on any atom is 2.00 e. The van der Waals surface area contributed by atoms with E-state index in [1.807, 2.05) is 0 Å². The Kier molecular flexibility index (Phi) is 118. The molecule has 0 aliphatic carbocycles. The molecule has 0 atom stereocenters. The summed E-state index contributed by atoms with van der Waals surface area (Å²) < 4.78 is 0. The maximum atomic E-state index is 8.56. The molecule has 0 amide bonds. The number of hydrogen-bond donors (Lipinski definition) is 2. The Morgan fingerprint density at radius 3 is 1.12 bits per heavy atom. The van der Waals surface area contributed by atoms with Crippen LogP contribution in [0.25, 0.3) is 0 Å². The summed E-state index contributed by atoms with van der Waals surface area (Å²) in [5.74, 6) is 0. The van der Waals surface area contributed by atoms with Crippen molar-refractivity contribution in [3.63, 3.8) is 0 Å². The minimum Gasteiger partial charge on any atom is -1.00 e. The molecule has 0 heterocycles. The Bertz CT molecular complexity index is 44.4. The molecule has 0 rings (SSSR count). The zero-order valence-electron chi connectivity index (χ0n) is 8.22. The van der Waals surface area contributed by atoms with E-state index in [-0.39, 0.29) is 62.8 Å². The van der Waals surface area contributed by atoms with Gasteiger partial charge in [0.15, 0.2) is 0 Å². The smallest absolute Gasteiger partial charge is 1.00 e.